The van der Waals surface area contributed by atoms with Crippen molar-refractivity contribution in [2.75, 3.05) is 25.6 Å². The van der Waals surface area contributed by atoms with E-state index in [9.17, 15) is 4.79 Å². The fourth-order valence-electron chi connectivity index (χ4n) is 1.75. The van der Waals surface area contributed by atoms with Gasteiger partial charge in [0.2, 0.25) is 0 Å². The second kappa shape index (κ2) is 8.04. The Morgan fingerprint density at radius 1 is 1.30 bits per heavy atom. The Labute approximate surface area is 123 Å². The molecular formula is C15H20O4S. The summed E-state index contributed by atoms with van der Waals surface area (Å²) in [7, 11) is 0. The van der Waals surface area contributed by atoms with Crippen molar-refractivity contribution in [3.05, 3.63) is 18.2 Å². The average molecular weight is 296 g/mol. The molecule has 0 spiro atoms. The standard InChI is InChI=1S/C15H20O4S/c1-2-3-7-19-15(16)11-20-12-5-6-13-14(10-12)18-9-4-8-17-13/h5-6,10H,2-4,7-9,11H2,1H3. The number of hydrogen-bond donors (Lipinski definition) is 0. The SMILES string of the molecule is CCCCOC(=O)CSc1ccc2c(c1)OCCCO2. The van der Waals surface area contributed by atoms with Gasteiger partial charge in [-0.3, -0.25) is 4.79 Å². The highest BCUT2D eigenvalue weighted by Crippen LogP contribution is 2.33. The van der Waals surface area contributed by atoms with Gasteiger partial charge in [-0.05, 0) is 24.6 Å². The number of hydrogen-bond acceptors (Lipinski definition) is 5. The highest BCUT2D eigenvalue weighted by Gasteiger charge is 2.11. The Morgan fingerprint density at radius 3 is 2.90 bits per heavy atom. The largest absolute Gasteiger partial charge is 0.490 e. The molecule has 4 nitrogen and oxygen atoms in total. The number of benzene rings is 1. The first-order valence-electron chi connectivity index (χ1n) is 6.97. The Bertz CT molecular complexity index is 447. The van der Waals surface area contributed by atoms with Gasteiger partial charge in [0.1, 0.15) is 0 Å². The molecule has 20 heavy (non-hydrogen) atoms. The van der Waals surface area contributed by atoms with E-state index in [4.69, 9.17) is 14.2 Å². The van der Waals surface area contributed by atoms with Crippen molar-refractivity contribution < 1.29 is 19.0 Å². The molecule has 0 atom stereocenters. The molecule has 0 aliphatic carbocycles. The summed E-state index contributed by atoms with van der Waals surface area (Å²) in [6.07, 6.45) is 2.84. The van der Waals surface area contributed by atoms with Crippen LogP contribution in [-0.4, -0.2) is 31.5 Å². The monoisotopic (exact) mass is 296 g/mol. The van der Waals surface area contributed by atoms with E-state index in [0.29, 0.717) is 25.6 Å². The lowest BCUT2D eigenvalue weighted by Crippen LogP contribution is -2.08. The van der Waals surface area contributed by atoms with Crippen LogP contribution < -0.4 is 9.47 Å². The fraction of sp³-hybridized carbons (Fsp3) is 0.533. The van der Waals surface area contributed by atoms with Gasteiger partial charge >= 0.3 is 5.97 Å². The first kappa shape index (κ1) is 15.0. The first-order valence-corrected chi connectivity index (χ1v) is 7.96. The lowest BCUT2D eigenvalue weighted by atomic mass is 10.3. The number of fused-ring (bicyclic) bond motifs is 1. The predicted octanol–water partition coefficient (Wildman–Crippen LogP) is 3.28. The smallest absolute Gasteiger partial charge is 0.316 e. The number of thioether (sulfide) groups is 1. The Hall–Kier alpha value is -1.36. The third-order valence-electron chi connectivity index (χ3n) is 2.84. The van der Waals surface area contributed by atoms with Crippen molar-refractivity contribution in [1.29, 1.82) is 0 Å². The number of carbonyl (C=O) groups excluding carboxylic acids is 1. The average Bonchev–Trinajstić information content (AvgIpc) is 2.70. The molecule has 0 fully saturated rings. The molecule has 110 valence electrons. The van der Waals surface area contributed by atoms with Crippen molar-refractivity contribution in [3.8, 4) is 11.5 Å². The number of ether oxygens (including phenoxy) is 3. The Morgan fingerprint density at radius 2 is 2.10 bits per heavy atom. The van der Waals surface area contributed by atoms with Gasteiger partial charge in [0, 0.05) is 11.3 Å². The quantitative estimate of drug-likeness (QED) is 0.458. The normalized spacial score (nSPS) is 13.7. The summed E-state index contributed by atoms with van der Waals surface area (Å²) in [6.45, 7) is 3.93. The van der Waals surface area contributed by atoms with Crippen molar-refractivity contribution in [1.82, 2.24) is 0 Å². The minimum atomic E-state index is -0.171. The third kappa shape index (κ3) is 4.63. The molecule has 0 bridgehead atoms. The van der Waals surface area contributed by atoms with Crippen molar-refractivity contribution in [3.63, 3.8) is 0 Å². The van der Waals surface area contributed by atoms with Crippen LogP contribution in [0.1, 0.15) is 26.2 Å². The molecule has 1 aromatic rings. The maximum atomic E-state index is 11.5. The lowest BCUT2D eigenvalue weighted by molar-refractivity contribution is -0.140. The van der Waals surface area contributed by atoms with E-state index >= 15 is 0 Å². The summed E-state index contributed by atoms with van der Waals surface area (Å²) < 4.78 is 16.3. The van der Waals surface area contributed by atoms with Gasteiger partial charge in [-0.1, -0.05) is 13.3 Å². The lowest BCUT2D eigenvalue weighted by Gasteiger charge is -2.09. The number of unbranched alkanes of at least 4 members (excludes halogenated alkanes) is 1. The molecule has 1 aliphatic rings. The van der Waals surface area contributed by atoms with Crippen molar-refractivity contribution >= 4 is 17.7 Å². The van der Waals surface area contributed by atoms with E-state index in [0.717, 1.165) is 35.7 Å². The molecule has 1 heterocycles. The van der Waals surface area contributed by atoms with E-state index < -0.39 is 0 Å². The van der Waals surface area contributed by atoms with Crippen molar-refractivity contribution in [2.24, 2.45) is 0 Å². The molecule has 5 heteroatoms. The van der Waals surface area contributed by atoms with Crippen LogP contribution in [0.15, 0.2) is 23.1 Å². The van der Waals surface area contributed by atoms with Crippen LogP contribution in [0.2, 0.25) is 0 Å². The Balaban J connectivity index is 1.84. The summed E-state index contributed by atoms with van der Waals surface area (Å²) in [5, 5.41) is 0. The summed E-state index contributed by atoms with van der Waals surface area (Å²) in [5.41, 5.74) is 0. The van der Waals surface area contributed by atoms with Crippen LogP contribution in [0.5, 0.6) is 11.5 Å². The molecule has 2 rings (SSSR count). The second-order valence-corrected chi connectivity index (χ2v) is 5.57. The van der Waals surface area contributed by atoms with E-state index in [1.165, 1.54) is 11.8 Å². The third-order valence-corrected chi connectivity index (χ3v) is 3.80. The number of rotatable bonds is 6. The highest BCUT2D eigenvalue weighted by atomic mass is 32.2. The second-order valence-electron chi connectivity index (χ2n) is 4.52. The van der Waals surface area contributed by atoms with Gasteiger partial charge in [-0.2, -0.15) is 0 Å². The molecule has 0 aromatic heterocycles. The van der Waals surface area contributed by atoms with Crippen LogP contribution >= 0.6 is 11.8 Å². The zero-order valence-corrected chi connectivity index (χ0v) is 12.5. The zero-order valence-electron chi connectivity index (χ0n) is 11.7. The fourth-order valence-corrected chi connectivity index (χ4v) is 2.47. The topological polar surface area (TPSA) is 44.8 Å². The van der Waals surface area contributed by atoms with Gasteiger partial charge in [-0.25, -0.2) is 0 Å². The predicted molar refractivity (Wildman–Crippen MR) is 78.6 cm³/mol. The van der Waals surface area contributed by atoms with Crippen LogP contribution in [0, 0.1) is 0 Å². The highest BCUT2D eigenvalue weighted by molar-refractivity contribution is 8.00. The molecule has 1 aromatic carbocycles. The number of esters is 1. The zero-order chi connectivity index (χ0) is 14.2. The minimum Gasteiger partial charge on any atom is -0.490 e. The molecule has 0 saturated heterocycles. The molecule has 0 saturated carbocycles. The summed E-state index contributed by atoms with van der Waals surface area (Å²) >= 11 is 1.46. The minimum absolute atomic E-state index is 0.171. The van der Waals surface area contributed by atoms with Crippen molar-refractivity contribution in [2.45, 2.75) is 31.1 Å². The van der Waals surface area contributed by atoms with Crippen LogP contribution in [0.3, 0.4) is 0 Å². The molecule has 1 aliphatic heterocycles. The van der Waals surface area contributed by atoms with Crippen LogP contribution in [0.4, 0.5) is 0 Å². The van der Waals surface area contributed by atoms with Gasteiger partial charge in [-0.15, -0.1) is 11.8 Å². The van der Waals surface area contributed by atoms with Gasteiger partial charge in [0.25, 0.3) is 0 Å². The van der Waals surface area contributed by atoms with Crippen LogP contribution in [0.25, 0.3) is 0 Å². The maximum absolute atomic E-state index is 11.5. The molecule has 0 N–H and O–H groups in total. The van der Waals surface area contributed by atoms with Gasteiger partial charge < -0.3 is 14.2 Å². The van der Waals surface area contributed by atoms with Gasteiger partial charge in [0.15, 0.2) is 11.5 Å². The number of carbonyl (C=O) groups is 1. The van der Waals surface area contributed by atoms with E-state index in [1.807, 2.05) is 18.2 Å². The van der Waals surface area contributed by atoms with Gasteiger partial charge in [0.05, 0.1) is 25.6 Å². The van der Waals surface area contributed by atoms with E-state index in [1.54, 1.807) is 0 Å². The summed E-state index contributed by atoms with van der Waals surface area (Å²) in [5.74, 6) is 1.68. The Kier molecular flexibility index (Phi) is 6.05. The molecule has 0 radical (unpaired) electrons. The maximum Gasteiger partial charge on any atom is 0.316 e. The van der Waals surface area contributed by atoms with Crippen LogP contribution in [-0.2, 0) is 9.53 Å². The first-order chi connectivity index (χ1) is 9.79. The summed E-state index contributed by atoms with van der Waals surface area (Å²) in [6, 6.07) is 5.76. The molecule has 0 amide bonds. The summed E-state index contributed by atoms with van der Waals surface area (Å²) in [4.78, 5) is 12.5. The van der Waals surface area contributed by atoms with E-state index in [2.05, 4.69) is 6.92 Å². The molecular weight excluding hydrogens is 276 g/mol. The van der Waals surface area contributed by atoms with E-state index in [-0.39, 0.29) is 5.97 Å². The molecule has 0 unspecified atom stereocenters.